The van der Waals surface area contributed by atoms with Crippen molar-refractivity contribution < 1.29 is 0 Å². The molecule has 0 saturated heterocycles. The lowest BCUT2D eigenvalue weighted by molar-refractivity contribution is 0.767. The molecule has 1 atom stereocenters. The van der Waals surface area contributed by atoms with Crippen molar-refractivity contribution in [2.75, 3.05) is 11.9 Å². The Morgan fingerprint density at radius 3 is 2.76 bits per heavy atom. The summed E-state index contributed by atoms with van der Waals surface area (Å²) in [7, 11) is 1.87. The first-order valence-electron chi connectivity index (χ1n) is 5.46. The zero-order valence-electron chi connectivity index (χ0n) is 9.67. The van der Waals surface area contributed by atoms with Gasteiger partial charge in [-0.1, -0.05) is 30.3 Å². The molecule has 0 aliphatic heterocycles. The van der Waals surface area contributed by atoms with E-state index in [-0.39, 0.29) is 5.92 Å². The summed E-state index contributed by atoms with van der Waals surface area (Å²) in [5.41, 5.74) is 1.97. The molecular formula is C13H14N4. The fraction of sp³-hybridized carbons (Fsp3) is 0.231. The van der Waals surface area contributed by atoms with Crippen LogP contribution in [0, 0.1) is 11.3 Å². The van der Waals surface area contributed by atoms with Crippen molar-refractivity contribution in [1.82, 2.24) is 9.78 Å². The number of benzene rings is 1. The van der Waals surface area contributed by atoms with Gasteiger partial charge >= 0.3 is 0 Å². The van der Waals surface area contributed by atoms with E-state index in [0.717, 1.165) is 11.3 Å². The Balaban J connectivity index is 2.00. The molecule has 0 amide bonds. The van der Waals surface area contributed by atoms with Crippen LogP contribution in [0.5, 0.6) is 0 Å². The first-order valence-corrected chi connectivity index (χ1v) is 5.46. The quantitative estimate of drug-likeness (QED) is 0.869. The Morgan fingerprint density at radius 2 is 2.18 bits per heavy atom. The SMILES string of the molecule is Cn1cc(NCC(C#N)c2ccccc2)cn1. The van der Waals surface area contributed by atoms with E-state index in [9.17, 15) is 0 Å². The summed E-state index contributed by atoms with van der Waals surface area (Å²) < 4.78 is 1.73. The van der Waals surface area contributed by atoms with Gasteiger partial charge in [0.25, 0.3) is 0 Å². The molecule has 0 radical (unpaired) electrons. The van der Waals surface area contributed by atoms with Crippen LogP contribution in [0.15, 0.2) is 42.7 Å². The van der Waals surface area contributed by atoms with E-state index < -0.39 is 0 Å². The van der Waals surface area contributed by atoms with Crippen LogP contribution in [-0.4, -0.2) is 16.3 Å². The van der Waals surface area contributed by atoms with Crippen LogP contribution in [0.25, 0.3) is 0 Å². The molecule has 2 rings (SSSR count). The molecule has 1 N–H and O–H groups in total. The Morgan fingerprint density at radius 1 is 1.41 bits per heavy atom. The fourth-order valence-corrected chi connectivity index (χ4v) is 1.66. The highest BCUT2D eigenvalue weighted by atomic mass is 15.3. The number of anilines is 1. The van der Waals surface area contributed by atoms with Crippen molar-refractivity contribution in [3.8, 4) is 6.07 Å². The summed E-state index contributed by atoms with van der Waals surface area (Å²) in [4.78, 5) is 0. The van der Waals surface area contributed by atoms with Crippen molar-refractivity contribution in [2.45, 2.75) is 5.92 Å². The van der Waals surface area contributed by atoms with E-state index in [1.807, 2.05) is 43.6 Å². The standard InChI is InChI=1S/C13H14N4/c1-17-10-13(9-16-17)15-8-12(7-14)11-5-3-2-4-6-11/h2-6,9-10,12,15H,8H2,1H3. The summed E-state index contributed by atoms with van der Waals surface area (Å²) in [6.45, 7) is 0.589. The van der Waals surface area contributed by atoms with Crippen molar-refractivity contribution >= 4 is 5.69 Å². The lowest BCUT2D eigenvalue weighted by Gasteiger charge is -2.10. The zero-order valence-corrected chi connectivity index (χ0v) is 9.67. The lowest BCUT2D eigenvalue weighted by Crippen LogP contribution is -2.10. The number of rotatable bonds is 4. The van der Waals surface area contributed by atoms with Crippen LogP contribution in [0.4, 0.5) is 5.69 Å². The number of nitriles is 1. The first-order chi connectivity index (χ1) is 8.29. The topological polar surface area (TPSA) is 53.6 Å². The van der Waals surface area contributed by atoms with Gasteiger partial charge in [-0.25, -0.2) is 0 Å². The predicted molar refractivity (Wildman–Crippen MR) is 66.5 cm³/mol. The van der Waals surface area contributed by atoms with E-state index >= 15 is 0 Å². The second-order valence-electron chi connectivity index (χ2n) is 3.88. The lowest BCUT2D eigenvalue weighted by atomic mass is 10.0. The summed E-state index contributed by atoms with van der Waals surface area (Å²) in [5.74, 6) is -0.142. The highest BCUT2D eigenvalue weighted by Crippen LogP contribution is 2.15. The van der Waals surface area contributed by atoms with E-state index in [1.165, 1.54) is 0 Å². The van der Waals surface area contributed by atoms with Crippen LogP contribution < -0.4 is 5.32 Å². The number of hydrogen-bond acceptors (Lipinski definition) is 3. The largest absolute Gasteiger partial charge is 0.381 e. The third kappa shape index (κ3) is 2.85. The van der Waals surface area contributed by atoms with Crippen molar-refractivity contribution in [1.29, 1.82) is 5.26 Å². The maximum Gasteiger partial charge on any atom is 0.0885 e. The van der Waals surface area contributed by atoms with E-state index in [0.29, 0.717) is 6.54 Å². The van der Waals surface area contributed by atoms with Gasteiger partial charge in [-0.3, -0.25) is 4.68 Å². The molecule has 1 heterocycles. The maximum absolute atomic E-state index is 9.15. The molecule has 4 nitrogen and oxygen atoms in total. The maximum atomic E-state index is 9.15. The van der Waals surface area contributed by atoms with Crippen molar-refractivity contribution in [3.63, 3.8) is 0 Å². The van der Waals surface area contributed by atoms with Crippen LogP contribution >= 0.6 is 0 Å². The normalized spacial score (nSPS) is 11.8. The van der Waals surface area contributed by atoms with Crippen LogP contribution in [0.1, 0.15) is 11.5 Å². The van der Waals surface area contributed by atoms with E-state index in [2.05, 4.69) is 16.5 Å². The smallest absolute Gasteiger partial charge is 0.0885 e. The van der Waals surface area contributed by atoms with Gasteiger partial charge in [-0.05, 0) is 5.56 Å². The third-order valence-corrected chi connectivity index (χ3v) is 2.57. The number of aromatic nitrogens is 2. The average Bonchev–Trinajstić information content (AvgIpc) is 2.77. The van der Waals surface area contributed by atoms with Gasteiger partial charge in [0, 0.05) is 19.8 Å². The molecule has 0 aliphatic rings. The second-order valence-corrected chi connectivity index (χ2v) is 3.88. The van der Waals surface area contributed by atoms with Gasteiger partial charge in [-0.15, -0.1) is 0 Å². The predicted octanol–water partition coefficient (Wildman–Crippen LogP) is 2.14. The van der Waals surface area contributed by atoms with Gasteiger partial charge < -0.3 is 5.32 Å². The fourth-order valence-electron chi connectivity index (χ4n) is 1.66. The summed E-state index contributed by atoms with van der Waals surface area (Å²) in [6, 6.07) is 12.1. The molecular weight excluding hydrogens is 212 g/mol. The highest BCUT2D eigenvalue weighted by molar-refractivity contribution is 5.39. The molecule has 0 saturated carbocycles. The Bertz CT molecular complexity index is 510. The average molecular weight is 226 g/mol. The van der Waals surface area contributed by atoms with Crippen LogP contribution in [-0.2, 0) is 7.05 Å². The monoisotopic (exact) mass is 226 g/mol. The van der Waals surface area contributed by atoms with E-state index in [1.54, 1.807) is 10.9 Å². The summed E-state index contributed by atoms with van der Waals surface area (Å²) >= 11 is 0. The molecule has 1 aromatic carbocycles. The minimum atomic E-state index is -0.142. The summed E-state index contributed by atoms with van der Waals surface area (Å²) in [5, 5.41) is 16.4. The molecule has 86 valence electrons. The molecule has 0 aliphatic carbocycles. The Hall–Kier alpha value is -2.28. The number of hydrogen-bond donors (Lipinski definition) is 1. The van der Waals surface area contributed by atoms with E-state index in [4.69, 9.17) is 5.26 Å². The van der Waals surface area contributed by atoms with Crippen LogP contribution in [0.3, 0.4) is 0 Å². The van der Waals surface area contributed by atoms with Gasteiger partial charge in [0.05, 0.1) is 23.9 Å². The molecule has 0 fully saturated rings. The number of nitrogens with one attached hydrogen (secondary N) is 1. The third-order valence-electron chi connectivity index (χ3n) is 2.57. The molecule has 17 heavy (non-hydrogen) atoms. The van der Waals surface area contributed by atoms with Gasteiger partial charge in [0.15, 0.2) is 0 Å². The number of nitrogens with zero attached hydrogens (tertiary/aromatic N) is 3. The first kappa shape index (κ1) is 11.2. The summed E-state index contributed by atoms with van der Waals surface area (Å²) in [6.07, 6.45) is 3.64. The van der Waals surface area contributed by atoms with Gasteiger partial charge in [0.1, 0.15) is 0 Å². The zero-order chi connectivity index (χ0) is 12.1. The minimum absolute atomic E-state index is 0.142. The molecule has 4 heteroatoms. The molecule has 0 spiro atoms. The molecule has 2 aromatic rings. The molecule has 0 bridgehead atoms. The van der Waals surface area contributed by atoms with Crippen molar-refractivity contribution in [2.24, 2.45) is 7.05 Å². The Labute approximate surface area is 100 Å². The van der Waals surface area contributed by atoms with Crippen LogP contribution in [0.2, 0.25) is 0 Å². The Kier molecular flexibility index (Phi) is 3.41. The number of aryl methyl sites for hydroxylation is 1. The molecule has 1 unspecified atom stereocenters. The van der Waals surface area contributed by atoms with Gasteiger partial charge in [-0.2, -0.15) is 10.4 Å². The minimum Gasteiger partial charge on any atom is -0.381 e. The highest BCUT2D eigenvalue weighted by Gasteiger charge is 2.09. The van der Waals surface area contributed by atoms with Crippen molar-refractivity contribution in [3.05, 3.63) is 48.3 Å². The van der Waals surface area contributed by atoms with Gasteiger partial charge in [0.2, 0.25) is 0 Å². The second kappa shape index (κ2) is 5.17. The molecule has 1 aromatic heterocycles.